The van der Waals surface area contributed by atoms with E-state index < -0.39 is 5.54 Å². The SMILES string of the molecule is CC1(C2CC2)C(=O)NCC(=O)N1Cc1ccncc1. The Labute approximate surface area is 112 Å². The van der Waals surface area contributed by atoms with Gasteiger partial charge in [-0.1, -0.05) is 0 Å². The van der Waals surface area contributed by atoms with Crippen LogP contribution in [0.15, 0.2) is 24.5 Å². The molecule has 5 heteroatoms. The first kappa shape index (κ1) is 12.1. The molecule has 1 aromatic rings. The molecular weight excluding hydrogens is 242 g/mol. The summed E-state index contributed by atoms with van der Waals surface area (Å²) >= 11 is 0. The van der Waals surface area contributed by atoms with Crippen molar-refractivity contribution in [2.24, 2.45) is 5.92 Å². The van der Waals surface area contributed by atoms with Gasteiger partial charge < -0.3 is 10.2 Å². The summed E-state index contributed by atoms with van der Waals surface area (Å²) < 4.78 is 0. The summed E-state index contributed by atoms with van der Waals surface area (Å²) in [5.74, 6) is 0.257. The van der Waals surface area contributed by atoms with Crippen LogP contribution in [-0.2, 0) is 16.1 Å². The summed E-state index contributed by atoms with van der Waals surface area (Å²) in [5, 5.41) is 2.72. The minimum absolute atomic E-state index is 0.00851. The molecule has 1 aliphatic heterocycles. The zero-order valence-electron chi connectivity index (χ0n) is 10.9. The largest absolute Gasteiger partial charge is 0.345 e. The number of nitrogens with zero attached hydrogens (tertiary/aromatic N) is 2. The summed E-state index contributed by atoms with van der Waals surface area (Å²) in [6, 6.07) is 3.76. The van der Waals surface area contributed by atoms with Gasteiger partial charge in [0.15, 0.2) is 0 Å². The van der Waals surface area contributed by atoms with Gasteiger partial charge in [-0.25, -0.2) is 0 Å². The van der Waals surface area contributed by atoms with Crippen molar-refractivity contribution in [1.29, 1.82) is 0 Å². The molecule has 1 N–H and O–H groups in total. The molecule has 0 spiro atoms. The number of piperazine rings is 1. The predicted molar refractivity (Wildman–Crippen MR) is 68.9 cm³/mol. The van der Waals surface area contributed by atoms with E-state index in [1.54, 1.807) is 17.3 Å². The second kappa shape index (κ2) is 4.33. The Balaban J connectivity index is 1.90. The van der Waals surface area contributed by atoms with Crippen LogP contribution in [0.1, 0.15) is 25.3 Å². The van der Waals surface area contributed by atoms with Crippen molar-refractivity contribution in [3.8, 4) is 0 Å². The minimum Gasteiger partial charge on any atom is -0.345 e. The van der Waals surface area contributed by atoms with Crippen molar-refractivity contribution in [2.45, 2.75) is 31.8 Å². The van der Waals surface area contributed by atoms with Crippen LogP contribution in [0.3, 0.4) is 0 Å². The summed E-state index contributed by atoms with van der Waals surface area (Å²) in [5.41, 5.74) is 0.309. The Kier molecular flexibility index (Phi) is 2.77. The number of hydrogen-bond donors (Lipinski definition) is 1. The second-order valence-corrected chi connectivity index (χ2v) is 5.44. The van der Waals surface area contributed by atoms with Crippen LogP contribution in [0, 0.1) is 5.92 Å². The monoisotopic (exact) mass is 259 g/mol. The smallest absolute Gasteiger partial charge is 0.246 e. The molecule has 1 atom stereocenters. The number of carbonyl (C=O) groups excluding carboxylic acids is 2. The Bertz CT molecular complexity index is 513. The first-order valence-corrected chi connectivity index (χ1v) is 6.60. The maximum Gasteiger partial charge on any atom is 0.246 e. The number of pyridine rings is 1. The van der Waals surface area contributed by atoms with Crippen LogP contribution >= 0.6 is 0 Å². The summed E-state index contributed by atoms with van der Waals surface area (Å²) in [6.07, 6.45) is 5.45. The third-order valence-corrected chi connectivity index (χ3v) is 4.18. The van der Waals surface area contributed by atoms with Gasteiger partial charge in [-0.05, 0) is 43.4 Å². The van der Waals surface area contributed by atoms with E-state index in [1.807, 2.05) is 19.1 Å². The Morgan fingerprint density at radius 3 is 2.68 bits per heavy atom. The van der Waals surface area contributed by atoms with Crippen molar-refractivity contribution in [2.75, 3.05) is 6.54 Å². The highest BCUT2D eigenvalue weighted by Crippen LogP contribution is 2.44. The van der Waals surface area contributed by atoms with Crippen LogP contribution in [0.5, 0.6) is 0 Å². The van der Waals surface area contributed by atoms with E-state index in [4.69, 9.17) is 0 Å². The van der Waals surface area contributed by atoms with E-state index in [9.17, 15) is 9.59 Å². The van der Waals surface area contributed by atoms with Crippen molar-refractivity contribution in [3.05, 3.63) is 30.1 Å². The van der Waals surface area contributed by atoms with Crippen molar-refractivity contribution in [1.82, 2.24) is 15.2 Å². The number of hydrogen-bond acceptors (Lipinski definition) is 3. The predicted octanol–water partition coefficient (Wildman–Crippen LogP) is 0.709. The molecule has 19 heavy (non-hydrogen) atoms. The molecule has 3 rings (SSSR count). The van der Waals surface area contributed by atoms with Crippen molar-refractivity contribution < 1.29 is 9.59 Å². The normalized spacial score (nSPS) is 27.3. The fourth-order valence-corrected chi connectivity index (χ4v) is 2.79. The fourth-order valence-electron chi connectivity index (χ4n) is 2.79. The second-order valence-electron chi connectivity index (χ2n) is 5.44. The molecule has 0 radical (unpaired) electrons. The number of nitrogens with one attached hydrogen (secondary N) is 1. The van der Waals surface area contributed by atoms with Crippen LogP contribution in [0.2, 0.25) is 0 Å². The molecule has 0 aromatic carbocycles. The van der Waals surface area contributed by atoms with E-state index in [-0.39, 0.29) is 18.4 Å². The average Bonchev–Trinajstić information content (AvgIpc) is 3.25. The quantitative estimate of drug-likeness (QED) is 0.869. The van der Waals surface area contributed by atoms with Gasteiger partial charge in [-0.3, -0.25) is 14.6 Å². The standard InChI is InChI=1S/C14H17N3O2/c1-14(11-2-3-11)13(19)16-8-12(18)17(14)9-10-4-6-15-7-5-10/h4-7,11H,2-3,8-9H2,1H3,(H,16,19). The molecular formula is C14H17N3O2. The molecule has 1 aliphatic carbocycles. The van der Waals surface area contributed by atoms with Gasteiger partial charge in [-0.15, -0.1) is 0 Å². The van der Waals surface area contributed by atoms with Gasteiger partial charge in [0.2, 0.25) is 11.8 Å². The van der Waals surface area contributed by atoms with Gasteiger partial charge in [-0.2, -0.15) is 0 Å². The maximum absolute atomic E-state index is 12.2. The fraction of sp³-hybridized carbons (Fsp3) is 0.500. The van der Waals surface area contributed by atoms with Crippen LogP contribution in [0.4, 0.5) is 0 Å². The summed E-state index contributed by atoms with van der Waals surface area (Å²) in [7, 11) is 0. The molecule has 2 amide bonds. The molecule has 5 nitrogen and oxygen atoms in total. The Morgan fingerprint density at radius 2 is 2.05 bits per heavy atom. The van der Waals surface area contributed by atoms with E-state index in [0.29, 0.717) is 12.5 Å². The van der Waals surface area contributed by atoms with Gasteiger partial charge in [0, 0.05) is 18.9 Å². The lowest BCUT2D eigenvalue weighted by Gasteiger charge is -2.44. The first-order valence-electron chi connectivity index (χ1n) is 6.60. The highest BCUT2D eigenvalue weighted by atomic mass is 16.2. The topological polar surface area (TPSA) is 62.3 Å². The summed E-state index contributed by atoms with van der Waals surface area (Å²) in [6.45, 7) is 2.46. The zero-order valence-corrected chi connectivity index (χ0v) is 10.9. The minimum atomic E-state index is -0.696. The molecule has 2 heterocycles. The van der Waals surface area contributed by atoms with Gasteiger partial charge in [0.05, 0.1) is 6.54 Å². The Hall–Kier alpha value is -1.91. The molecule has 1 aromatic heterocycles. The molecule has 1 unspecified atom stereocenters. The molecule has 100 valence electrons. The third kappa shape index (κ3) is 1.99. The highest BCUT2D eigenvalue weighted by Gasteiger charge is 2.54. The molecule has 1 saturated carbocycles. The van der Waals surface area contributed by atoms with Crippen molar-refractivity contribution >= 4 is 11.8 Å². The lowest BCUT2D eigenvalue weighted by molar-refractivity contribution is -0.155. The highest BCUT2D eigenvalue weighted by molar-refractivity contribution is 5.98. The van der Waals surface area contributed by atoms with E-state index in [2.05, 4.69) is 10.3 Å². The molecule has 2 fully saturated rings. The Morgan fingerprint density at radius 1 is 1.37 bits per heavy atom. The third-order valence-electron chi connectivity index (χ3n) is 4.18. The number of amides is 2. The van der Waals surface area contributed by atoms with E-state index in [1.165, 1.54) is 0 Å². The molecule has 0 bridgehead atoms. The lowest BCUT2D eigenvalue weighted by Crippen LogP contribution is -2.66. The van der Waals surface area contributed by atoms with Crippen LogP contribution in [0.25, 0.3) is 0 Å². The van der Waals surface area contributed by atoms with Gasteiger partial charge >= 0.3 is 0 Å². The summed E-state index contributed by atoms with van der Waals surface area (Å²) in [4.78, 5) is 30.1. The van der Waals surface area contributed by atoms with Crippen molar-refractivity contribution in [3.63, 3.8) is 0 Å². The lowest BCUT2D eigenvalue weighted by atomic mass is 9.89. The zero-order chi connectivity index (χ0) is 13.5. The van der Waals surface area contributed by atoms with Gasteiger partial charge in [0.1, 0.15) is 5.54 Å². The van der Waals surface area contributed by atoms with Gasteiger partial charge in [0.25, 0.3) is 0 Å². The van der Waals surface area contributed by atoms with Crippen LogP contribution in [-0.4, -0.2) is 33.8 Å². The van der Waals surface area contributed by atoms with E-state index >= 15 is 0 Å². The average molecular weight is 259 g/mol. The molecule has 2 aliphatic rings. The number of aromatic nitrogens is 1. The van der Waals surface area contributed by atoms with Crippen LogP contribution < -0.4 is 5.32 Å². The van der Waals surface area contributed by atoms with E-state index in [0.717, 1.165) is 18.4 Å². The number of carbonyl (C=O) groups is 2. The maximum atomic E-state index is 12.2. The number of rotatable bonds is 3. The molecule has 1 saturated heterocycles. The first-order chi connectivity index (χ1) is 9.12.